The van der Waals surface area contributed by atoms with Crippen LogP contribution in [0.2, 0.25) is 0 Å². The Kier molecular flexibility index (Phi) is 4.83. The van der Waals surface area contributed by atoms with E-state index in [0.29, 0.717) is 0 Å². The number of aliphatic hydroxyl groups is 1. The maximum atomic E-state index is 11.7. The summed E-state index contributed by atoms with van der Waals surface area (Å²) in [4.78, 5) is 9.02. The summed E-state index contributed by atoms with van der Waals surface area (Å²) in [6.45, 7) is 5.41. The van der Waals surface area contributed by atoms with Gasteiger partial charge in [-0.05, 0) is 42.5 Å². The van der Waals surface area contributed by atoms with Crippen molar-refractivity contribution in [3.63, 3.8) is 0 Å². The van der Waals surface area contributed by atoms with Gasteiger partial charge in [0.1, 0.15) is 0 Å². The summed E-state index contributed by atoms with van der Waals surface area (Å²) in [5.41, 5.74) is 3.78. The normalized spacial score (nSPS) is 27.5. The number of anilines is 1. The first-order chi connectivity index (χ1) is 13.8. The van der Waals surface area contributed by atoms with Crippen molar-refractivity contribution in [2.75, 3.05) is 44.3 Å². The van der Waals surface area contributed by atoms with Crippen LogP contribution in [0, 0.1) is 0 Å². The van der Waals surface area contributed by atoms with Crippen LogP contribution in [0.3, 0.4) is 0 Å². The molecule has 0 saturated carbocycles. The first-order valence-corrected chi connectivity index (χ1v) is 10.5. The van der Waals surface area contributed by atoms with E-state index in [1.807, 2.05) is 12.4 Å². The number of aromatic nitrogens is 1. The molecular formula is C23H29N3O2. The molecule has 3 aliphatic rings. The van der Waals surface area contributed by atoms with Gasteiger partial charge in [0.05, 0.1) is 18.8 Å². The van der Waals surface area contributed by atoms with Crippen LogP contribution in [0.15, 0.2) is 48.8 Å². The Labute approximate surface area is 166 Å². The van der Waals surface area contributed by atoms with Crippen molar-refractivity contribution in [2.45, 2.75) is 36.8 Å². The van der Waals surface area contributed by atoms with Crippen LogP contribution < -0.4 is 4.90 Å². The number of pyridine rings is 1. The minimum absolute atomic E-state index is 0.0883. The third kappa shape index (κ3) is 2.93. The zero-order chi connectivity index (χ0) is 19.0. The molecule has 5 heteroatoms. The van der Waals surface area contributed by atoms with Crippen LogP contribution in [0.25, 0.3) is 0 Å². The summed E-state index contributed by atoms with van der Waals surface area (Å²) in [6.07, 6.45) is 6.35. The van der Waals surface area contributed by atoms with Gasteiger partial charge >= 0.3 is 0 Å². The van der Waals surface area contributed by atoms with E-state index in [2.05, 4.69) is 51.2 Å². The Balaban J connectivity index is 1.44. The van der Waals surface area contributed by atoms with Crippen LogP contribution in [0.1, 0.15) is 36.4 Å². The first kappa shape index (κ1) is 18.1. The third-order valence-corrected chi connectivity index (χ3v) is 7.01. The van der Waals surface area contributed by atoms with Crippen molar-refractivity contribution in [3.8, 4) is 0 Å². The van der Waals surface area contributed by atoms with E-state index in [4.69, 9.17) is 4.74 Å². The van der Waals surface area contributed by atoms with Crippen molar-refractivity contribution >= 4 is 5.69 Å². The Hall–Kier alpha value is -1.95. The molecule has 148 valence electrons. The number of rotatable bonds is 2. The van der Waals surface area contributed by atoms with Gasteiger partial charge in [-0.3, -0.25) is 9.88 Å². The number of ether oxygens (including phenoxy) is 1. The smallest absolute Gasteiger partial charge is 0.0834 e. The second-order valence-corrected chi connectivity index (χ2v) is 8.33. The van der Waals surface area contributed by atoms with Gasteiger partial charge in [-0.2, -0.15) is 0 Å². The average molecular weight is 380 g/mol. The standard InChI is InChI=1S/C23H29N3O2/c27-22-21(26-12-3-16-28-17-15-26)19-4-1-2-5-20(19)23(22)8-13-25(14-9-23)18-6-10-24-11-7-18/h1-2,4-7,10-11,21-22,27H,3,8-9,12-17H2/t21-,22+/m1/s1. The van der Waals surface area contributed by atoms with Crippen LogP contribution in [-0.2, 0) is 10.2 Å². The SMILES string of the molecule is O[C@H]1[C@H](N2CCCOCC2)c2ccccc2C12CCN(c1ccncc1)CC2. The molecule has 2 atom stereocenters. The molecule has 2 aliphatic heterocycles. The first-order valence-electron chi connectivity index (χ1n) is 10.5. The maximum Gasteiger partial charge on any atom is 0.0834 e. The molecule has 1 aliphatic carbocycles. The number of hydrogen-bond acceptors (Lipinski definition) is 5. The lowest BCUT2D eigenvalue weighted by atomic mass is 9.72. The Bertz CT molecular complexity index is 797. The molecular weight excluding hydrogens is 350 g/mol. The lowest BCUT2D eigenvalue weighted by Crippen LogP contribution is -2.50. The van der Waals surface area contributed by atoms with E-state index in [9.17, 15) is 5.11 Å². The van der Waals surface area contributed by atoms with Gasteiger partial charge in [-0.15, -0.1) is 0 Å². The minimum Gasteiger partial charge on any atom is -0.390 e. The summed E-state index contributed by atoms with van der Waals surface area (Å²) < 4.78 is 5.67. The fourth-order valence-electron chi connectivity index (χ4n) is 5.56. The van der Waals surface area contributed by atoms with Crippen molar-refractivity contribution < 1.29 is 9.84 Å². The molecule has 1 N–H and O–H groups in total. The molecule has 5 rings (SSSR count). The van der Waals surface area contributed by atoms with Crippen molar-refractivity contribution in [2.24, 2.45) is 0 Å². The molecule has 2 aromatic rings. The predicted molar refractivity (Wildman–Crippen MR) is 110 cm³/mol. The summed E-state index contributed by atoms with van der Waals surface area (Å²) in [6, 6.07) is 13.0. The molecule has 1 spiro atoms. The highest BCUT2D eigenvalue weighted by Crippen LogP contribution is 2.53. The molecule has 3 heterocycles. The zero-order valence-electron chi connectivity index (χ0n) is 16.3. The third-order valence-electron chi connectivity index (χ3n) is 7.01. The number of piperidine rings is 1. The highest BCUT2D eigenvalue weighted by Gasteiger charge is 2.53. The van der Waals surface area contributed by atoms with Crippen LogP contribution in [-0.4, -0.2) is 60.5 Å². The monoisotopic (exact) mass is 379 g/mol. The largest absolute Gasteiger partial charge is 0.390 e. The molecule has 0 unspecified atom stereocenters. The van der Waals surface area contributed by atoms with Crippen LogP contribution in [0.4, 0.5) is 5.69 Å². The summed E-state index contributed by atoms with van der Waals surface area (Å²) >= 11 is 0. The average Bonchev–Trinajstić information content (AvgIpc) is 2.93. The van der Waals surface area contributed by atoms with Gasteiger partial charge in [0.15, 0.2) is 0 Å². The minimum atomic E-state index is -0.359. The molecule has 2 fully saturated rings. The van der Waals surface area contributed by atoms with Gasteiger partial charge < -0.3 is 14.7 Å². The number of nitrogens with zero attached hydrogens (tertiary/aromatic N) is 3. The van der Waals surface area contributed by atoms with E-state index >= 15 is 0 Å². The van der Waals surface area contributed by atoms with E-state index in [-0.39, 0.29) is 17.6 Å². The van der Waals surface area contributed by atoms with Gasteiger partial charge in [0.25, 0.3) is 0 Å². The van der Waals surface area contributed by atoms with Crippen molar-refractivity contribution in [1.29, 1.82) is 0 Å². The highest BCUT2D eigenvalue weighted by molar-refractivity contribution is 5.49. The van der Waals surface area contributed by atoms with Crippen molar-refractivity contribution in [3.05, 3.63) is 59.9 Å². The topological polar surface area (TPSA) is 48.8 Å². The molecule has 1 aromatic carbocycles. The molecule has 0 radical (unpaired) electrons. The van der Waals surface area contributed by atoms with Gasteiger partial charge in [-0.1, -0.05) is 24.3 Å². The van der Waals surface area contributed by atoms with Crippen LogP contribution >= 0.6 is 0 Å². The summed E-state index contributed by atoms with van der Waals surface area (Å²) in [5.74, 6) is 0. The predicted octanol–water partition coefficient (Wildman–Crippen LogP) is 2.76. The summed E-state index contributed by atoms with van der Waals surface area (Å²) in [7, 11) is 0. The van der Waals surface area contributed by atoms with Crippen LogP contribution in [0.5, 0.6) is 0 Å². The maximum absolute atomic E-state index is 11.7. The number of fused-ring (bicyclic) bond motifs is 2. The van der Waals surface area contributed by atoms with E-state index in [0.717, 1.165) is 58.7 Å². The Morgan fingerprint density at radius 1 is 0.964 bits per heavy atom. The molecule has 28 heavy (non-hydrogen) atoms. The molecule has 0 bridgehead atoms. The molecule has 1 aromatic heterocycles. The van der Waals surface area contributed by atoms with Gasteiger partial charge in [-0.25, -0.2) is 0 Å². The second kappa shape index (κ2) is 7.47. The fraction of sp³-hybridized carbons (Fsp3) is 0.522. The fourth-order valence-corrected chi connectivity index (χ4v) is 5.56. The zero-order valence-corrected chi connectivity index (χ0v) is 16.3. The second-order valence-electron chi connectivity index (χ2n) is 8.33. The lowest BCUT2D eigenvalue weighted by Gasteiger charge is -2.44. The molecule has 2 saturated heterocycles. The van der Waals surface area contributed by atoms with E-state index in [1.165, 1.54) is 16.8 Å². The van der Waals surface area contributed by atoms with Crippen molar-refractivity contribution in [1.82, 2.24) is 9.88 Å². The number of benzene rings is 1. The lowest BCUT2D eigenvalue weighted by molar-refractivity contribution is -0.000355. The van der Waals surface area contributed by atoms with E-state index in [1.54, 1.807) is 0 Å². The highest BCUT2D eigenvalue weighted by atomic mass is 16.5. The van der Waals surface area contributed by atoms with Gasteiger partial charge in [0, 0.05) is 56.3 Å². The Morgan fingerprint density at radius 2 is 1.75 bits per heavy atom. The number of hydrogen-bond donors (Lipinski definition) is 1. The Morgan fingerprint density at radius 3 is 2.57 bits per heavy atom. The molecule has 0 amide bonds. The summed E-state index contributed by atoms with van der Waals surface area (Å²) in [5, 5.41) is 11.7. The molecule has 5 nitrogen and oxygen atoms in total. The quantitative estimate of drug-likeness (QED) is 0.870. The number of aliphatic hydroxyl groups excluding tert-OH is 1. The van der Waals surface area contributed by atoms with Gasteiger partial charge in [0.2, 0.25) is 0 Å². The van der Waals surface area contributed by atoms with E-state index < -0.39 is 0 Å².